The summed E-state index contributed by atoms with van der Waals surface area (Å²) in [6, 6.07) is 2.06. The number of aromatic nitrogens is 1. The zero-order chi connectivity index (χ0) is 10.9. The Balaban J connectivity index is 2.12. The van der Waals surface area contributed by atoms with Gasteiger partial charge in [0.1, 0.15) is 0 Å². The SMILES string of the molecule is C=COCCCNCc1cncc(Br)c1. The third kappa shape index (κ3) is 5.54. The Hall–Kier alpha value is -0.870. The average Bonchev–Trinajstić information content (AvgIpc) is 2.23. The standard InChI is InChI=1S/C11H15BrN2O/c1-2-15-5-3-4-13-7-10-6-11(12)9-14-8-10/h2,6,8-9,13H,1,3-5,7H2. The fourth-order valence-corrected chi connectivity index (χ4v) is 1.56. The largest absolute Gasteiger partial charge is 0.502 e. The molecule has 0 amide bonds. The molecule has 82 valence electrons. The highest BCUT2D eigenvalue weighted by atomic mass is 79.9. The quantitative estimate of drug-likeness (QED) is 0.611. The van der Waals surface area contributed by atoms with Crippen LogP contribution in [0.3, 0.4) is 0 Å². The molecule has 0 saturated carbocycles. The molecule has 0 aliphatic carbocycles. The summed E-state index contributed by atoms with van der Waals surface area (Å²) in [5.41, 5.74) is 1.18. The molecule has 0 unspecified atom stereocenters. The van der Waals surface area contributed by atoms with E-state index in [-0.39, 0.29) is 0 Å². The monoisotopic (exact) mass is 270 g/mol. The van der Waals surface area contributed by atoms with Crippen molar-refractivity contribution in [3.8, 4) is 0 Å². The molecule has 0 radical (unpaired) electrons. The van der Waals surface area contributed by atoms with Gasteiger partial charge in [0, 0.05) is 23.4 Å². The van der Waals surface area contributed by atoms with Gasteiger partial charge in [-0.3, -0.25) is 4.98 Å². The van der Waals surface area contributed by atoms with Crippen LogP contribution < -0.4 is 5.32 Å². The van der Waals surface area contributed by atoms with Crippen LogP contribution in [-0.4, -0.2) is 18.1 Å². The molecule has 1 heterocycles. The second-order valence-corrected chi connectivity index (χ2v) is 3.99. The lowest BCUT2D eigenvalue weighted by molar-refractivity contribution is 0.244. The Morgan fingerprint density at radius 1 is 1.53 bits per heavy atom. The van der Waals surface area contributed by atoms with Crippen LogP contribution in [0.5, 0.6) is 0 Å². The summed E-state index contributed by atoms with van der Waals surface area (Å²) in [5.74, 6) is 0. The van der Waals surface area contributed by atoms with Crippen molar-refractivity contribution in [1.82, 2.24) is 10.3 Å². The van der Waals surface area contributed by atoms with Crippen LogP contribution in [0.4, 0.5) is 0 Å². The summed E-state index contributed by atoms with van der Waals surface area (Å²) in [6.07, 6.45) is 6.09. The number of rotatable bonds is 7. The van der Waals surface area contributed by atoms with Crippen LogP contribution in [0, 0.1) is 0 Å². The van der Waals surface area contributed by atoms with E-state index in [4.69, 9.17) is 4.74 Å². The van der Waals surface area contributed by atoms with E-state index in [1.807, 2.05) is 6.20 Å². The predicted molar refractivity (Wildman–Crippen MR) is 64.4 cm³/mol. The van der Waals surface area contributed by atoms with Crippen LogP contribution in [0.15, 0.2) is 35.8 Å². The predicted octanol–water partition coefficient (Wildman–Crippen LogP) is 2.48. The van der Waals surface area contributed by atoms with Gasteiger partial charge in [-0.2, -0.15) is 0 Å². The second kappa shape index (κ2) is 7.43. The number of nitrogens with one attached hydrogen (secondary N) is 1. The molecule has 0 aromatic carbocycles. The van der Waals surface area contributed by atoms with E-state index in [0.29, 0.717) is 6.61 Å². The summed E-state index contributed by atoms with van der Waals surface area (Å²) in [4.78, 5) is 4.09. The number of pyridine rings is 1. The molecule has 0 saturated heterocycles. The zero-order valence-electron chi connectivity index (χ0n) is 8.58. The minimum atomic E-state index is 0.716. The van der Waals surface area contributed by atoms with E-state index in [1.54, 1.807) is 6.20 Å². The first-order chi connectivity index (χ1) is 7.33. The van der Waals surface area contributed by atoms with E-state index in [9.17, 15) is 0 Å². The fourth-order valence-electron chi connectivity index (χ4n) is 1.15. The van der Waals surface area contributed by atoms with Gasteiger partial charge in [0.15, 0.2) is 0 Å². The van der Waals surface area contributed by atoms with Gasteiger partial charge in [-0.1, -0.05) is 6.58 Å². The van der Waals surface area contributed by atoms with Gasteiger partial charge in [-0.15, -0.1) is 0 Å². The summed E-state index contributed by atoms with van der Waals surface area (Å²) in [6.45, 7) is 5.96. The minimum Gasteiger partial charge on any atom is -0.502 e. The summed E-state index contributed by atoms with van der Waals surface area (Å²) in [5, 5.41) is 3.31. The van der Waals surface area contributed by atoms with Crippen LogP contribution in [0.2, 0.25) is 0 Å². The first kappa shape index (κ1) is 12.2. The molecule has 15 heavy (non-hydrogen) atoms. The molecule has 0 bridgehead atoms. The van der Waals surface area contributed by atoms with Gasteiger partial charge in [-0.25, -0.2) is 0 Å². The van der Waals surface area contributed by atoms with Crippen molar-refractivity contribution in [2.24, 2.45) is 0 Å². The Labute approximate surface area is 98.7 Å². The molecule has 1 aromatic heterocycles. The lowest BCUT2D eigenvalue weighted by Crippen LogP contribution is -2.16. The Bertz CT molecular complexity index is 304. The second-order valence-electron chi connectivity index (χ2n) is 3.08. The topological polar surface area (TPSA) is 34.1 Å². The summed E-state index contributed by atoms with van der Waals surface area (Å²) < 4.78 is 6.02. The molecule has 0 fully saturated rings. The first-order valence-electron chi connectivity index (χ1n) is 4.85. The summed E-state index contributed by atoms with van der Waals surface area (Å²) in [7, 11) is 0. The maximum Gasteiger partial charge on any atom is 0.0885 e. The highest BCUT2D eigenvalue weighted by molar-refractivity contribution is 9.10. The minimum absolute atomic E-state index is 0.716. The Kier molecular flexibility index (Phi) is 6.04. The average molecular weight is 271 g/mol. The van der Waals surface area contributed by atoms with E-state index in [1.165, 1.54) is 11.8 Å². The highest BCUT2D eigenvalue weighted by Crippen LogP contribution is 2.08. The van der Waals surface area contributed by atoms with E-state index in [2.05, 4.69) is 38.9 Å². The normalized spacial score (nSPS) is 9.93. The maximum absolute atomic E-state index is 5.01. The van der Waals surface area contributed by atoms with Crippen LogP contribution in [-0.2, 0) is 11.3 Å². The molecule has 0 atom stereocenters. The van der Waals surface area contributed by atoms with E-state index in [0.717, 1.165) is 24.0 Å². The first-order valence-corrected chi connectivity index (χ1v) is 5.65. The van der Waals surface area contributed by atoms with Crippen LogP contribution in [0.1, 0.15) is 12.0 Å². The molecule has 1 N–H and O–H groups in total. The lowest BCUT2D eigenvalue weighted by atomic mass is 10.3. The van der Waals surface area contributed by atoms with E-state index >= 15 is 0 Å². The fraction of sp³-hybridized carbons (Fsp3) is 0.364. The third-order valence-corrected chi connectivity index (χ3v) is 2.26. The number of ether oxygens (including phenoxy) is 1. The van der Waals surface area contributed by atoms with Crippen molar-refractivity contribution < 1.29 is 4.74 Å². The number of hydrogen-bond donors (Lipinski definition) is 1. The lowest BCUT2D eigenvalue weighted by Gasteiger charge is -2.04. The van der Waals surface area contributed by atoms with Crippen molar-refractivity contribution in [3.05, 3.63) is 41.3 Å². The van der Waals surface area contributed by atoms with Crippen molar-refractivity contribution in [2.45, 2.75) is 13.0 Å². The number of nitrogens with zero attached hydrogens (tertiary/aromatic N) is 1. The van der Waals surface area contributed by atoms with Gasteiger partial charge >= 0.3 is 0 Å². The van der Waals surface area contributed by atoms with Crippen LogP contribution >= 0.6 is 15.9 Å². The molecule has 3 nitrogen and oxygen atoms in total. The molecule has 4 heteroatoms. The van der Waals surface area contributed by atoms with Crippen LogP contribution in [0.25, 0.3) is 0 Å². The maximum atomic E-state index is 5.01. The van der Waals surface area contributed by atoms with Crippen molar-refractivity contribution >= 4 is 15.9 Å². The van der Waals surface area contributed by atoms with Gasteiger partial charge in [0.05, 0.1) is 12.9 Å². The van der Waals surface area contributed by atoms with Crippen molar-refractivity contribution in [3.63, 3.8) is 0 Å². The van der Waals surface area contributed by atoms with Gasteiger partial charge in [0.25, 0.3) is 0 Å². The van der Waals surface area contributed by atoms with Crippen molar-refractivity contribution in [1.29, 1.82) is 0 Å². The third-order valence-electron chi connectivity index (χ3n) is 1.82. The Morgan fingerprint density at radius 2 is 2.40 bits per heavy atom. The molecule has 0 aliphatic rings. The summed E-state index contributed by atoms with van der Waals surface area (Å²) >= 11 is 3.38. The molecule has 1 aromatic rings. The van der Waals surface area contributed by atoms with Gasteiger partial charge < -0.3 is 10.1 Å². The Morgan fingerprint density at radius 3 is 3.13 bits per heavy atom. The zero-order valence-corrected chi connectivity index (χ0v) is 10.2. The molecule has 1 rings (SSSR count). The highest BCUT2D eigenvalue weighted by Gasteiger charge is 1.94. The van der Waals surface area contributed by atoms with Gasteiger partial charge in [-0.05, 0) is 40.5 Å². The van der Waals surface area contributed by atoms with Crippen molar-refractivity contribution in [2.75, 3.05) is 13.2 Å². The molecule has 0 aliphatic heterocycles. The number of halogens is 1. The molecular weight excluding hydrogens is 256 g/mol. The van der Waals surface area contributed by atoms with E-state index < -0.39 is 0 Å². The number of hydrogen-bond acceptors (Lipinski definition) is 3. The molecule has 0 spiro atoms. The molecular formula is C11H15BrN2O. The van der Waals surface area contributed by atoms with Gasteiger partial charge in [0.2, 0.25) is 0 Å². The smallest absolute Gasteiger partial charge is 0.0885 e.